The number of amides is 1. The van der Waals surface area contributed by atoms with Gasteiger partial charge in [-0.2, -0.15) is 0 Å². The van der Waals surface area contributed by atoms with Crippen LogP contribution < -0.4 is 10.3 Å². The lowest BCUT2D eigenvalue weighted by atomic mass is 10.0. The normalized spacial score (nSPS) is 13.2. The fourth-order valence-corrected chi connectivity index (χ4v) is 3.89. The second kappa shape index (κ2) is 7.68. The molecular weight excluding hydrogens is 396 g/mol. The third-order valence-electron chi connectivity index (χ3n) is 5.51. The zero-order valence-electron chi connectivity index (χ0n) is 16.7. The van der Waals surface area contributed by atoms with Crippen molar-refractivity contribution in [3.63, 3.8) is 0 Å². The molecule has 0 spiro atoms. The van der Waals surface area contributed by atoms with E-state index in [1.807, 2.05) is 48.5 Å². The predicted molar refractivity (Wildman–Crippen MR) is 115 cm³/mol. The number of carbonyl (C=O) groups is 1. The van der Waals surface area contributed by atoms with Crippen molar-refractivity contribution in [2.75, 3.05) is 6.54 Å². The summed E-state index contributed by atoms with van der Waals surface area (Å²) >= 11 is 0. The number of pyridine rings is 1. The van der Waals surface area contributed by atoms with Crippen LogP contribution in [0, 0.1) is 0 Å². The van der Waals surface area contributed by atoms with Crippen LogP contribution in [0.15, 0.2) is 76.1 Å². The topological polar surface area (TPSA) is 84.9 Å². The Bertz CT molecular complexity index is 1320. The summed E-state index contributed by atoms with van der Waals surface area (Å²) in [5, 5.41) is 10.1. The Balaban J connectivity index is 1.40. The molecule has 0 atom stereocenters. The van der Waals surface area contributed by atoms with Crippen molar-refractivity contribution in [3.8, 4) is 11.4 Å². The van der Waals surface area contributed by atoms with E-state index in [1.165, 1.54) is 15.5 Å². The van der Waals surface area contributed by atoms with Gasteiger partial charge in [-0.05, 0) is 23.8 Å². The van der Waals surface area contributed by atoms with Crippen molar-refractivity contribution < 1.29 is 19.1 Å². The Labute approximate surface area is 177 Å². The van der Waals surface area contributed by atoms with Gasteiger partial charge in [0, 0.05) is 42.2 Å². The van der Waals surface area contributed by atoms with Crippen molar-refractivity contribution in [3.05, 3.63) is 94.1 Å². The van der Waals surface area contributed by atoms with E-state index < -0.39 is 6.09 Å². The standard InChI is InChI=1S/C24H20N2O5/c27-23-13-18(30-15-16-4-2-1-3-5-16)8-11-26(23)17-6-7-19-20-14-25(24(28)29)10-9-21(20)31-22(19)12-17/h1-8,11-13H,9-10,14-15H2,(H,28,29). The first-order chi connectivity index (χ1) is 15.1. The predicted octanol–water partition coefficient (Wildman–Crippen LogP) is 4.20. The molecule has 0 unspecified atom stereocenters. The number of carboxylic acid groups (broad SMARTS) is 1. The van der Waals surface area contributed by atoms with Crippen molar-refractivity contribution in [1.29, 1.82) is 0 Å². The van der Waals surface area contributed by atoms with Gasteiger partial charge in [0.1, 0.15) is 23.7 Å². The van der Waals surface area contributed by atoms with Crippen LogP contribution in [-0.2, 0) is 19.6 Å². The van der Waals surface area contributed by atoms with Crippen molar-refractivity contribution in [2.24, 2.45) is 0 Å². The summed E-state index contributed by atoms with van der Waals surface area (Å²) in [6.07, 6.45) is 1.29. The van der Waals surface area contributed by atoms with E-state index in [0.29, 0.717) is 43.1 Å². The molecule has 1 amide bonds. The Kier molecular flexibility index (Phi) is 4.71. The molecule has 0 fully saturated rings. The second-order valence-corrected chi connectivity index (χ2v) is 7.48. The summed E-state index contributed by atoms with van der Waals surface area (Å²) in [4.78, 5) is 25.4. The van der Waals surface area contributed by atoms with Crippen LogP contribution in [0.1, 0.15) is 16.9 Å². The van der Waals surface area contributed by atoms with Gasteiger partial charge < -0.3 is 19.2 Å². The van der Waals surface area contributed by atoms with Crippen molar-refractivity contribution >= 4 is 17.1 Å². The number of benzene rings is 2. The molecule has 4 aromatic rings. The van der Waals surface area contributed by atoms with Gasteiger partial charge in [-0.25, -0.2) is 4.79 Å². The summed E-state index contributed by atoms with van der Waals surface area (Å²) < 4.78 is 13.2. The van der Waals surface area contributed by atoms with Crippen LogP contribution in [0.2, 0.25) is 0 Å². The monoisotopic (exact) mass is 416 g/mol. The van der Waals surface area contributed by atoms with Crippen LogP contribution in [0.25, 0.3) is 16.7 Å². The quantitative estimate of drug-likeness (QED) is 0.539. The van der Waals surface area contributed by atoms with Gasteiger partial charge in [-0.1, -0.05) is 30.3 Å². The van der Waals surface area contributed by atoms with Gasteiger partial charge in [-0.3, -0.25) is 9.36 Å². The maximum Gasteiger partial charge on any atom is 0.407 e. The molecule has 2 aromatic carbocycles. The van der Waals surface area contributed by atoms with E-state index in [9.17, 15) is 14.7 Å². The minimum atomic E-state index is -0.933. The number of fused-ring (bicyclic) bond motifs is 3. The number of hydrogen-bond acceptors (Lipinski definition) is 4. The van der Waals surface area contributed by atoms with Gasteiger partial charge in [0.15, 0.2) is 0 Å². The van der Waals surface area contributed by atoms with Crippen LogP contribution in [0.5, 0.6) is 5.75 Å². The Hall–Kier alpha value is -4.00. The molecule has 3 heterocycles. The molecule has 31 heavy (non-hydrogen) atoms. The highest BCUT2D eigenvalue weighted by molar-refractivity contribution is 5.85. The lowest BCUT2D eigenvalue weighted by molar-refractivity contribution is 0.138. The molecule has 0 aliphatic carbocycles. The number of ether oxygens (including phenoxy) is 1. The maximum absolute atomic E-state index is 12.7. The number of furan rings is 1. The molecule has 5 rings (SSSR count). The van der Waals surface area contributed by atoms with Gasteiger partial charge in [0.2, 0.25) is 0 Å². The smallest absolute Gasteiger partial charge is 0.407 e. The first-order valence-corrected chi connectivity index (χ1v) is 10.0. The van der Waals surface area contributed by atoms with Gasteiger partial charge in [-0.15, -0.1) is 0 Å². The zero-order valence-corrected chi connectivity index (χ0v) is 16.7. The average molecular weight is 416 g/mol. The highest BCUT2D eigenvalue weighted by Crippen LogP contribution is 2.32. The maximum atomic E-state index is 12.7. The van der Waals surface area contributed by atoms with Crippen molar-refractivity contribution in [2.45, 2.75) is 19.6 Å². The number of aromatic nitrogens is 1. The summed E-state index contributed by atoms with van der Waals surface area (Å²) in [6, 6.07) is 18.5. The molecule has 0 radical (unpaired) electrons. The first kappa shape index (κ1) is 19.0. The highest BCUT2D eigenvalue weighted by atomic mass is 16.5. The minimum absolute atomic E-state index is 0.210. The number of rotatable bonds is 4. The molecule has 1 N–H and O–H groups in total. The summed E-state index contributed by atoms with van der Waals surface area (Å²) in [6.45, 7) is 1.12. The van der Waals surface area contributed by atoms with E-state index in [1.54, 1.807) is 12.3 Å². The fourth-order valence-electron chi connectivity index (χ4n) is 3.89. The highest BCUT2D eigenvalue weighted by Gasteiger charge is 2.25. The molecule has 7 heteroatoms. The molecule has 0 bridgehead atoms. The van der Waals surface area contributed by atoms with E-state index in [4.69, 9.17) is 9.15 Å². The summed E-state index contributed by atoms with van der Waals surface area (Å²) in [5.74, 6) is 1.31. The fraction of sp³-hybridized carbons (Fsp3) is 0.167. The largest absolute Gasteiger partial charge is 0.489 e. The van der Waals surface area contributed by atoms with Gasteiger partial charge in [0.25, 0.3) is 5.56 Å². The first-order valence-electron chi connectivity index (χ1n) is 10.0. The molecule has 1 aliphatic rings. The third-order valence-corrected chi connectivity index (χ3v) is 5.51. The van der Waals surface area contributed by atoms with Crippen LogP contribution in [-0.4, -0.2) is 27.2 Å². The van der Waals surface area contributed by atoms with Crippen LogP contribution >= 0.6 is 0 Å². The lowest BCUT2D eigenvalue weighted by Gasteiger charge is -2.23. The van der Waals surface area contributed by atoms with E-state index in [0.717, 1.165) is 22.3 Å². The molecule has 0 saturated carbocycles. The SMILES string of the molecule is O=C(O)N1CCc2oc3cc(-n4ccc(OCc5ccccc5)cc4=O)ccc3c2C1. The Morgan fingerprint density at radius 2 is 1.94 bits per heavy atom. The molecular formula is C24H20N2O5. The summed E-state index contributed by atoms with van der Waals surface area (Å²) in [7, 11) is 0. The average Bonchev–Trinajstić information content (AvgIpc) is 3.15. The molecule has 7 nitrogen and oxygen atoms in total. The number of nitrogens with zero attached hydrogens (tertiary/aromatic N) is 2. The zero-order chi connectivity index (χ0) is 21.4. The Morgan fingerprint density at radius 1 is 1.10 bits per heavy atom. The molecule has 0 saturated heterocycles. The molecule has 1 aliphatic heterocycles. The molecule has 2 aromatic heterocycles. The minimum Gasteiger partial charge on any atom is -0.489 e. The lowest BCUT2D eigenvalue weighted by Crippen LogP contribution is -2.34. The summed E-state index contributed by atoms with van der Waals surface area (Å²) in [5.41, 5.74) is 3.03. The third kappa shape index (κ3) is 3.66. The van der Waals surface area contributed by atoms with Crippen molar-refractivity contribution in [1.82, 2.24) is 9.47 Å². The van der Waals surface area contributed by atoms with Gasteiger partial charge in [0.05, 0.1) is 12.2 Å². The Morgan fingerprint density at radius 3 is 2.71 bits per heavy atom. The van der Waals surface area contributed by atoms with E-state index in [2.05, 4.69) is 0 Å². The van der Waals surface area contributed by atoms with E-state index in [-0.39, 0.29) is 5.56 Å². The molecule has 156 valence electrons. The van der Waals surface area contributed by atoms with Gasteiger partial charge >= 0.3 is 6.09 Å². The second-order valence-electron chi connectivity index (χ2n) is 7.48. The van der Waals surface area contributed by atoms with E-state index >= 15 is 0 Å². The van der Waals surface area contributed by atoms with Crippen LogP contribution in [0.3, 0.4) is 0 Å². The van der Waals surface area contributed by atoms with Crippen LogP contribution in [0.4, 0.5) is 4.79 Å². The number of hydrogen-bond donors (Lipinski definition) is 1.